The Morgan fingerprint density at radius 1 is 1.25 bits per heavy atom. The highest BCUT2D eigenvalue weighted by Crippen LogP contribution is 2.37. The second-order valence-corrected chi connectivity index (χ2v) is 7.77. The van der Waals surface area contributed by atoms with Crippen LogP contribution in [0.4, 0.5) is 5.69 Å². The second-order valence-electron chi connectivity index (χ2n) is 7.77. The van der Waals surface area contributed by atoms with Crippen molar-refractivity contribution < 1.29 is 14.4 Å². The van der Waals surface area contributed by atoms with Crippen LogP contribution in [0, 0.1) is 6.92 Å². The molecule has 3 rings (SSSR count). The predicted octanol–water partition coefficient (Wildman–Crippen LogP) is 5.00. The number of nitrogens with zero attached hydrogens (tertiary/aromatic N) is 1. The summed E-state index contributed by atoms with van der Waals surface area (Å²) < 4.78 is 6.00. The number of carbonyl (C=O) groups excluding carboxylic acids is 1. The first kappa shape index (κ1) is 19.9. The van der Waals surface area contributed by atoms with Gasteiger partial charge in [0.15, 0.2) is 0 Å². The van der Waals surface area contributed by atoms with Crippen molar-refractivity contribution in [3.05, 3.63) is 58.7 Å². The summed E-state index contributed by atoms with van der Waals surface area (Å²) in [7, 11) is 0. The van der Waals surface area contributed by atoms with Crippen molar-refractivity contribution in [2.75, 3.05) is 5.32 Å². The molecule has 148 valence electrons. The second kappa shape index (κ2) is 8.05. The summed E-state index contributed by atoms with van der Waals surface area (Å²) in [5.74, 6) is 0.898. The van der Waals surface area contributed by atoms with Gasteiger partial charge in [-0.3, -0.25) is 4.79 Å². The number of benzene rings is 2. The van der Waals surface area contributed by atoms with Crippen LogP contribution in [0.25, 0.3) is 0 Å². The number of hydrogen-bond donors (Lipinski definition) is 1. The molecule has 0 fully saturated rings. The topological polar surface area (TPSA) is 59.9 Å². The Morgan fingerprint density at radius 3 is 2.75 bits per heavy atom. The highest BCUT2D eigenvalue weighted by molar-refractivity contribution is 6.00. The number of aryl methyl sites for hydroxylation is 1. The zero-order chi connectivity index (χ0) is 20.3. The number of ether oxygens (including phenoxy) is 1. The number of carbonyl (C=O) groups is 1. The van der Waals surface area contributed by atoms with E-state index < -0.39 is 0 Å². The first-order valence-electron chi connectivity index (χ1n) is 9.67. The number of fused-ring (bicyclic) bond motifs is 1. The molecule has 5 heteroatoms. The molecular formula is C23H28N2O3. The van der Waals surface area contributed by atoms with Crippen LogP contribution in [0.5, 0.6) is 5.75 Å². The van der Waals surface area contributed by atoms with Crippen LogP contribution in [-0.2, 0) is 22.7 Å². The van der Waals surface area contributed by atoms with Crippen molar-refractivity contribution in [1.29, 1.82) is 0 Å². The van der Waals surface area contributed by atoms with E-state index in [4.69, 9.17) is 9.57 Å². The molecule has 0 aromatic heterocycles. The maximum absolute atomic E-state index is 11.8. The third kappa shape index (κ3) is 4.35. The van der Waals surface area contributed by atoms with Gasteiger partial charge in [-0.2, -0.15) is 0 Å². The molecule has 1 aliphatic heterocycles. The van der Waals surface area contributed by atoms with Gasteiger partial charge >= 0.3 is 0 Å². The number of rotatable bonds is 6. The highest BCUT2D eigenvalue weighted by Gasteiger charge is 2.32. The molecule has 1 aliphatic rings. The van der Waals surface area contributed by atoms with E-state index in [1.165, 1.54) is 5.56 Å². The first-order valence-corrected chi connectivity index (χ1v) is 9.67. The maximum Gasteiger partial charge on any atom is 0.224 e. The van der Waals surface area contributed by atoms with Crippen molar-refractivity contribution in [3.8, 4) is 5.75 Å². The Morgan fingerprint density at radius 2 is 2.00 bits per heavy atom. The molecule has 1 heterocycles. The van der Waals surface area contributed by atoms with Gasteiger partial charge in [0.2, 0.25) is 5.91 Å². The average Bonchev–Trinajstić information content (AvgIpc) is 2.97. The van der Waals surface area contributed by atoms with Gasteiger partial charge in [0.25, 0.3) is 0 Å². The van der Waals surface area contributed by atoms with Crippen molar-refractivity contribution in [3.63, 3.8) is 0 Å². The van der Waals surface area contributed by atoms with Crippen LogP contribution in [0.2, 0.25) is 0 Å². The van der Waals surface area contributed by atoms with Gasteiger partial charge in [-0.05, 0) is 45.4 Å². The summed E-state index contributed by atoms with van der Waals surface area (Å²) in [5, 5.41) is 7.27. The molecule has 0 unspecified atom stereocenters. The van der Waals surface area contributed by atoms with Crippen LogP contribution >= 0.6 is 0 Å². The number of amides is 1. The van der Waals surface area contributed by atoms with Gasteiger partial charge in [0.1, 0.15) is 18.0 Å². The molecule has 0 saturated heterocycles. The molecule has 1 amide bonds. The zero-order valence-corrected chi connectivity index (χ0v) is 17.3. The summed E-state index contributed by atoms with van der Waals surface area (Å²) in [6.45, 7) is 10.2. The quantitative estimate of drug-likeness (QED) is 0.567. The molecule has 2 aromatic carbocycles. The first-order chi connectivity index (χ1) is 13.3. The smallest absolute Gasteiger partial charge is 0.224 e. The monoisotopic (exact) mass is 380 g/mol. The molecule has 28 heavy (non-hydrogen) atoms. The van der Waals surface area contributed by atoms with Gasteiger partial charge in [-0.25, -0.2) is 0 Å². The Bertz CT molecular complexity index is 916. The lowest BCUT2D eigenvalue weighted by molar-refractivity contribution is -0.115. The third-order valence-corrected chi connectivity index (χ3v) is 4.93. The van der Waals surface area contributed by atoms with E-state index in [1.807, 2.05) is 57.2 Å². The Hall–Kier alpha value is -2.82. The molecule has 0 aliphatic carbocycles. The van der Waals surface area contributed by atoms with E-state index in [-0.39, 0.29) is 11.5 Å². The molecule has 0 saturated carbocycles. The lowest BCUT2D eigenvalue weighted by Crippen LogP contribution is -2.24. The fraction of sp³-hybridized carbons (Fsp3) is 0.391. The van der Waals surface area contributed by atoms with Crippen LogP contribution in [-0.4, -0.2) is 17.2 Å². The van der Waals surface area contributed by atoms with Crippen molar-refractivity contribution in [1.82, 2.24) is 0 Å². The minimum Gasteiger partial charge on any atom is -0.487 e. The van der Waals surface area contributed by atoms with Crippen molar-refractivity contribution >= 4 is 17.3 Å². The number of anilines is 1. The Kier molecular flexibility index (Phi) is 5.73. The van der Waals surface area contributed by atoms with Crippen LogP contribution in [0.15, 0.2) is 41.6 Å². The fourth-order valence-electron chi connectivity index (χ4n) is 3.43. The van der Waals surface area contributed by atoms with E-state index >= 15 is 0 Å². The number of oxime groups is 1. The molecule has 0 atom stereocenters. The molecule has 0 spiro atoms. The van der Waals surface area contributed by atoms with Crippen LogP contribution in [0.3, 0.4) is 0 Å². The molecule has 1 N–H and O–H groups in total. The van der Waals surface area contributed by atoms with Crippen molar-refractivity contribution in [2.24, 2.45) is 5.16 Å². The number of hydrogen-bond acceptors (Lipinski definition) is 4. The Labute approximate surface area is 166 Å². The fourth-order valence-corrected chi connectivity index (χ4v) is 3.43. The minimum absolute atomic E-state index is 0.0194. The van der Waals surface area contributed by atoms with Crippen molar-refractivity contribution in [2.45, 2.75) is 59.7 Å². The van der Waals surface area contributed by atoms with Gasteiger partial charge in [0, 0.05) is 35.2 Å². The lowest BCUT2D eigenvalue weighted by Gasteiger charge is -2.16. The largest absolute Gasteiger partial charge is 0.487 e. The van der Waals surface area contributed by atoms with Gasteiger partial charge < -0.3 is 14.9 Å². The Balaban J connectivity index is 1.76. The zero-order valence-electron chi connectivity index (χ0n) is 17.3. The predicted molar refractivity (Wildman–Crippen MR) is 112 cm³/mol. The lowest BCUT2D eigenvalue weighted by atomic mass is 9.95. The standard InChI is InChI=1S/C23H28N2O3/c1-6-22(26)24-20-11-7-9-15(2)19(20)14-27-25-16(3)17-10-8-12-21-18(17)13-23(4,5)28-21/h7-12H,6,13-14H2,1-5H3,(H,24,26). The third-order valence-electron chi connectivity index (χ3n) is 4.93. The van der Waals surface area contributed by atoms with E-state index in [2.05, 4.69) is 24.3 Å². The SMILES string of the molecule is CCC(=O)Nc1cccc(C)c1CON=C(C)c1cccc2c1CC(C)(C)O2. The van der Waals surface area contributed by atoms with E-state index in [9.17, 15) is 4.79 Å². The summed E-state index contributed by atoms with van der Waals surface area (Å²) in [6, 6.07) is 11.8. The summed E-state index contributed by atoms with van der Waals surface area (Å²) in [6.07, 6.45) is 1.28. The number of nitrogens with one attached hydrogen (secondary N) is 1. The van der Waals surface area contributed by atoms with E-state index in [0.717, 1.165) is 40.3 Å². The van der Waals surface area contributed by atoms with Crippen LogP contribution in [0.1, 0.15) is 56.4 Å². The van der Waals surface area contributed by atoms with Gasteiger partial charge in [-0.1, -0.05) is 36.3 Å². The van der Waals surface area contributed by atoms with E-state index in [0.29, 0.717) is 13.0 Å². The summed E-state index contributed by atoms with van der Waals surface area (Å²) in [4.78, 5) is 17.5. The maximum atomic E-state index is 11.8. The minimum atomic E-state index is -0.201. The molecule has 5 nitrogen and oxygen atoms in total. The van der Waals surface area contributed by atoms with E-state index in [1.54, 1.807) is 0 Å². The van der Waals surface area contributed by atoms with Gasteiger partial charge in [-0.15, -0.1) is 0 Å². The average molecular weight is 380 g/mol. The summed E-state index contributed by atoms with van der Waals surface area (Å²) in [5.41, 5.74) is 5.59. The molecular weight excluding hydrogens is 352 g/mol. The summed E-state index contributed by atoms with van der Waals surface area (Å²) >= 11 is 0. The molecule has 2 aromatic rings. The molecule has 0 radical (unpaired) electrons. The molecule has 0 bridgehead atoms. The highest BCUT2D eigenvalue weighted by atomic mass is 16.6. The van der Waals surface area contributed by atoms with Gasteiger partial charge in [0.05, 0.1) is 5.71 Å². The van der Waals surface area contributed by atoms with Crippen LogP contribution < -0.4 is 10.1 Å². The normalized spacial score (nSPS) is 15.0.